The molecule has 2 aromatic heterocycles. The van der Waals surface area contributed by atoms with Crippen LogP contribution in [0.4, 0.5) is 4.39 Å². The number of carbonyl (C=O) groups excluding carboxylic acids is 2. The number of hydrogen-bond acceptors (Lipinski definition) is 8. The van der Waals surface area contributed by atoms with Gasteiger partial charge in [-0.1, -0.05) is 18.2 Å². The van der Waals surface area contributed by atoms with Crippen molar-refractivity contribution in [2.24, 2.45) is 0 Å². The third-order valence-electron chi connectivity index (χ3n) is 8.83. The molecule has 250 valence electrons. The van der Waals surface area contributed by atoms with Gasteiger partial charge in [0.15, 0.2) is 0 Å². The minimum absolute atomic E-state index is 0.0119. The maximum atomic E-state index is 13.7. The number of nitrogens with zero attached hydrogens (tertiary/aromatic N) is 7. The molecule has 3 aliphatic heterocycles. The van der Waals surface area contributed by atoms with E-state index >= 15 is 0 Å². The number of pyridine rings is 1. The number of halogens is 1. The molecule has 2 amide bonds. The van der Waals surface area contributed by atoms with Gasteiger partial charge in [-0.3, -0.25) is 14.6 Å². The fourth-order valence-electron chi connectivity index (χ4n) is 6.37. The van der Waals surface area contributed by atoms with Crippen LogP contribution in [0.5, 0.6) is 11.5 Å². The number of fused-ring (bicyclic) bond motifs is 8. The molecule has 0 N–H and O–H groups in total. The third-order valence-corrected chi connectivity index (χ3v) is 8.83. The van der Waals surface area contributed by atoms with E-state index < -0.39 is 0 Å². The van der Waals surface area contributed by atoms with Gasteiger partial charge in [0, 0.05) is 43.0 Å². The first-order chi connectivity index (χ1) is 24.0. The predicted molar refractivity (Wildman–Crippen MR) is 178 cm³/mol. The first kappa shape index (κ1) is 31.9. The molecule has 0 saturated heterocycles. The van der Waals surface area contributed by atoms with E-state index in [0.29, 0.717) is 87.8 Å². The average Bonchev–Trinajstić information content (AvgIpc) is 3.61. The molecular weight excluding hydrogens is 625 g/mol. The first-order valence-corrected chi connectivity index (χ1v) is 16.5. The molecule has 49 heavy (non-hydrogen) atoms. The smallest absolute Gasteiger partial charge is 0.254 e. The Balaban J connectivity index is 1.04. The topological polar surface area (TPSA) is 116 Å². The van der Waals surface area contributed by atoms with Crippen LogP contribution in [-0.2, 0) is 17.8 Å². The molecular formula is C37H36FN7O4. The second-order valence-corrected chi connectivity index (χ2v) is 12.1. The summed E-state index contributed by atoms with van der Waals surface area (Å²) < 4.78 is 25.6. The van der Waals surface area contributed by atoms with E-state index in [2.05, 4.69) is 26.5 Å². The van der Waals surface area contributed by atoms with Crippen molar-refractivity contribution in [1.29, 1.82) is 0 Å². The standard InChI is InChI=1S/C37H36FN7O4/c38-30-9-7-26(8-10-30)36-40-42-45(41-36)19-2-6-34(46)43-18-3-22-48-31-5-1-4-29(25-31)35-33-12-11-32(49-23-21-43)24-28(33)15-20-44(35)37(47)27-13-16-39-17-14-27/h1,4-5,7-14,16-17,24-25,35H,2-3,6,15,18-23H2. The zero-order valence-electron chi connectivity index (χ0n) is 27.0. The van der Waals surface area contributed by atoms with Gasteiger partial charge in [-0.15, -0.1) is 10.2 Å². The highest BCUT2D eigenvalue weighted by Crippen LogP contribution is 2.38. The normalized spacial score (nSPS) is 16.1. The van der Waals surface area contributed by atoms with Gasteiger partial charge in [-0.25, -0.2) is 4.39 Å². The fraction of sp³-hybridized carbons (Fsp3) is 0.297. The van der Waals surface area contributed by atoms with Gasteiger partial charge in [-0.05, 0) is 102 Å². The molecule has 5 aromatic rings. The second-order valence-electron chi connectivity index (χ2n) is 12.1. The number of aromatic nitrogens is 5. The van der Waals surface area contributed by atoms with Crippen LogP contribution in [0.15, 0.2) is 91.3 Å². The Kier molecular flexibility index (Phi) is 9.53. The molecule has 8 rings (SSSR count). The highest BCUT2D eigenvalue weighted by molar-refractivity contribution is 5.94. The summed E-state index contributed by atoms with van der Waals surface area (Å²) in [5.41, 5.74) is 4.41. The molecule has 0 spiro atoms. The number of ether oxygens (including phenoxy) is 2. The maximum Gasteiger partial charge on any atom is 0.254 e. The number of benzene rings is 3. The van der Waals surface area contributed by atoms with Crippen LogP contribution in [0.1, 0.15) is 52.4 Å². The summed E-state index contributed by atoms with van der Waals surface area (Å²) in [4.78, 5) is 36.4. The van der Waals surface area contributed by atoms with E-state index in [4.69, 9.17) is 9.47 Å². The Labute approximate surface area is 283 Å². The van der Waals surface area contributed by atoms with Gasteiger partial charge in [0.25, 0.3) is 5.91 Å². The Morgan fingerprint density at radius 2 is 1.69 bits per heavy atom. The Hall–Kier alpha value is -5.65. The number of rotatable bonds is 6. The summed E-state index contributed by atoms with van der Waals surface area (Å²) in [6.45, 7) is 2.68. The maximum absolute atomic E-state index is 13.7. The lowest BCUT2D eigenvalue weighted by atomic mass is 9.87. The first-order valence-electron chi connectivity index (χ1n) is 16.5. The Morgan fingerprint density at radius 1 is 0.878 bits per heavy atom. The van der Waals surface area contributed by atoms with Gasteiger partial charge < -0.3 is 19.3 Å². The van der Waals surface area contributed by atoms with E-state index in [9.17, 15) is 14.0 Å². The van der Waals surface area contributed by atoms with Crippen molar-refractivity contribution in [3.63, 3.8) is 0 Å². The van der Waals surface area contributed by atoms with Crippen LogP contribution in [-0.4, -0.2) is 79.7 Å². The lowest BCUT2D eigenvalue weighted by Gasteiger charge is -2.38. The Bertz CT molecular complexity index is 1920. The van der Waals surface area contributed by atoms with Crippen LogP contribution in [0, 0.1) is 5.82 Å². The van der Waals surface area contributed by atoms with Gasteiger partial charge in [0.1, 0.15) is 23.9 Å². The highest BCUT2D eigenvalue weighted by Gasteiger charge is 2.33. The quantitative estimate of drug-likeness (QED) is 0.246. The van der Waals surface area contributed by atoms with Gasteiger partial charge in [0.2, 0.25) is 11.7 Å². The summed E-state index contributed by atoms with van der Waals surface area (Å²) in [6.07, 6.45) is 5.44. The molecule has 3 aliphatic rings. The largest absolute Gasteiger partial charge is 0.494 e. The molecule has 1 unspecified atom stereocenters. The van der Waals surface area contributed by atoms with Crippen LogP contribution in [0.25, 0.3) is 11.4 Å². The summed E-state index contributed by atoms with van der Waals surface area (Å²) in [6, 6.07) is 23.1. The number of amides is 2. The minimum Gasteiger partial charge on any atom is -0.494 e. The third kappa shape index (κ3) is 7.43. The van der Waals surface area contributed by atoms with Crippen LogP contribution in [0.3, 0.4) is 0 Å². The van der Waals surface area contributed by atoms with Crippen LogP contribution < -0.4 is 9.47 Å². The summed E-state index contributed by atoms with van der Waals surface area (Å²) in [5.74, 6) is 1.49. The molecule has 1 atom stereocenters. The second kappa shape index (κ2) is 14.6. The average molecular weight is 662 g/mol. The molecule has 3 aromatic carbocycles. The van der Waals surface area contributed by atoms with Crippen molar-refractivity contribution in [1.82, 2.24) is 35.0 Å². The molecule has 12 heteroatoms. The van der Waals surface area contributed by atoms with Gasteiger partial charge >= 0.3 is 0 Å². The number of hydrogen-bond donors (Lipinski definition) is 0. The number of aryl methyl sites for hydroxylation is 1. The van der Waals surface area contributed by atoms with E-state index in [1.165, 1.54) is 16.9 Å². The van der Waals surface area contributed by atoms with Crippen LogP contribution >= 0.6 is 0 Å². The van der Waals surface area contributed by atoms with E-state index in [1.54, 1.807) is 36.7 Å². The van der Waals surface area contributed by atoms with E-state index in [-0.39, 0.29) is 23.7 Å². The van der Waals surface area contributed by atoms with E-state index in [1.807, 2.05) is 46.2 Å². The highest BCUT2D eigenvalue weighted by atomic mass is 19.1. The fourth-order valence-corrected chi connectivity index (χ4v) is 6.37. The predicted octanol–water partition coefficient (Wildman–Crippen LogP) is 5.13. The van der Waals surface area contributed by atoms with Gasteiger partial charge in [-0.2, -0.15) is 4.80 Å². The molecule has 5 heterocycles. The SMILES string of the molecule is O=C(CCCn1nnc(-c2ccc(F)cc2)n1)N1CCCOc2cccc(c2)C2c3ccc(cc3CCN2C(=O)c2ccncc2)OCC1. The summed E-state index contributed by atoms with van der Waals surface area (Å²) in [5, 5.41) is 12.5. The molecule has 0 fully saturated rings. The molecule has 0 saturated carbocycles. The minimum atomic E-state index is -0.330. The molecule has 6 bridgehead atoms. The molecule has 0 radical (unpaired) electrons. The van der Waals surface area contributed by atoms with Crippen molar-refractivity contribution in [2.75, 3.05) is 32.8 Å². The van der Waals surface area contributed by atoms with Gasteiger partial charge in [0.05, 0.1) is 25.7 Å². The van der Waals surface area contributed by atoms with Crippen molar-refractivity contribution in [3.8, 4) is 22.9 Å². The monoisotopic (exact) mass is 661 g/mol. The lowest BCUT2D eigenvalue weighted by molar-refractivity contribution is -0.131. The van der Waals surface area contributed by atoms with Crippen LogP contribution in [0.2, 0.25) is 0 Å². The zero-order chi connectivity index (χ0) is 33.6. The lowest BCUT2D eigenvalue weighted by Crippen LogP contribution is -2.40. The van der Waals surface area contributed by atoms with Crippen molar-refractivity contribution in [3.05, 3.63) is 119 Å². The number of tetrazole rings is 1. The van der Waals surface area contributed by atoms with Crippen molar-refractivity contribution < 1.29 is 23.5 Å². The zero-order valence-corrected chi connectivity index (χ0v) is 27.0. The molecule has 11 nitrogen and oxygen atoms in total. The summed E-state index contributed by atoms with van der Waals surface area (Å²) >= 11 is 0. The van der Waals surface area contributed by atoms with E-state index in [0.717, 1.165) is 22.4 Å². The number of carbonyl (C=O) groups is 2. The summed E-state index contributed by atoms with van der Waals surface area (Å²) in [7, 11) is 0. The van der Waals surface area contributed by atoms with Crippen molar-refractivity contribution in [2.45, 2.75) is 38.3 Å². The van der Waals surface area contributed by atoms with Crippen molar-refractivity contribution >= 4 is 11.8 Å². The molecule has 0 aliphatic carbocycles. The Morgan fingerprint density at radius 3 is 2.55 bits per heavy atom.